The summed E-state index contributed by atoms with van der Waals surface area (Å²) < 4.78 is 5.93. The fourth-order valence-electron chi connectivity index (χ4n) is 3.06. The van der Waals surface area contributed by atoms with Gasteiger partial charge in [-0.25, -0.2) is 4.98 Å². The smallest absolute Gasteiger partial charge is 0.222 e. The molecule has 0 unspecified atom stereocenters. The Morgan fingerprint density at radius 1 is 0.893 bits per heavy atom. The second-order valence-electron chi connectivity index (χ2n) is 6.58. The molecular weight excluding hydrogens is 348 g/mol. The van der Waals surface area contributed by atoms with Gasteiger partial charge in [0.15, 0.2) is 0 Å². The minimum absolute atomic E-state index is 0.129. The highest BCUT2D eigenvalue weighted by Crippen LogP contribution is 2.23. The molecule has 0 aliphatic heterocycles. The van der Waals surface area contributed by atoms with Gasteiger partial charge in [0.25, 0.3) is 0 Å². The highest BCUT2D eigenvalue weighted by molar-refractivity contribution is 5.89. The predicted octanol–water partition coefficient (Wildman–Crippen LogP) is 5.44. The summed E-state index contributed by atoms with van der Waals surface area (Å²) in [6.07, 6.45) is 0. The Bertz CT molecular complexity index is 1110. The van der Waals surface area contributed by atoms with Crippen LogP contribution in [0.4, 0.5) is 5.82 Å². The van der Waals surface area contributed by atoms with Crippen LogP contribution in [-0.2, 0) is 11.4 Å². The molecule has 4 nitrogen and oxygen atoms in total. The second-order valence-corrected chi connectivity index (χ2v) is 6.58. The standard InChI is InChI=1S/C24H20N2O2/c1-17(27)25-24-14-10-21-15-18(7-13-23(21)26-24)16-28-22-11-8-20(9-12-22)19-5-3-2-4-6-19/h2-15H,16H2,1H3,(H,25,26,27). The van der Waals surface area contributed by atoms with E-state index in [1.54, 1.807) is 6.07 Å². The SMILES string of the molecule is CC(=O)Nc1ccc2cc(COc3ccc(-c4ccccc4)cc3)ccc2n1. The first-order chi connectivity index (χ1) is 13.7. The molecule has 1 heterocycles. The number of fused-ring (bicyclic) bond motifs is 1. The average Bonchev–Trinajstić information content (AvgIpc) is 2.73. The summed E-state index contributed by atoms with van der Waals surface area (Å²) >= 11 is 0. The van der Waals surface area contributed by atoms with Gasteiger partial charge in [0.1, 0.15) is 18.2 Å². The number of benzene rings is 3. The number of nitrogens with zero attached hydrogens (tertiary/aromatic N) is 1. The zero-order valence-electron chi connectivity index (χ0n) is 15.6. The number of pyridine rings is 1. The number of carbonyl (C=O) groups is 1. The van der Waals surface area contributed by atoms with Crippen molar-refractivity contribution < 1.29 is 9.53 Å². The molecule has 28 heavy (non-hydrogen) atoms. The number of hydrogen-bond acceptors (Lipinski definition) is 3. The Hall–Kier alpha value is -3.66. The van der Waals surface area contributed by atoms with Crippen LogP contribution in [0.25, 0.3) is 22.0 Å². The molecule has 1 amide bonds. The molecule has 0 aliphatic carbocycles. The van der Waals surface area contributed by atoms with Crippen LogP contribution in [-0.4, -0.2) is 10.9 Å². The van der Waals surface area contributed by atoms with Crippen LogP contribution in [0.2, 0.25) is 0 Å². The zero-order chi connectivity index (χ0) is 19.3. The van der Waals surface area contributed by atoms with Gasteiger partial charge in [-0.2, -0.15) is 0 Å². The van der Waals surface area contributed by atoms with Crippen molar-refractivity contribution in [2.45, 2.75) is 13.5 Å². The number of anilines is 1. The highest BCUT2D eigenvalue weighted by Gasteiger charge is 2.03. The van der Waals surface area contributed by atoms with Gasteiger partial charge in [-0.3, -0.25) is 4.79 Å². The number of carbonyl (C=O) groups excluding carboxylic acids is 1. The van der Waals surface area contributed by atoms with E-state index in [-0.39, 0.29) is 5.91 Å². The normalized spacial score (nSPS) is 10.6. The third kappa shape index (κ3) is 4.18. The lowest BCUT2D eigenvalue weighted by atomic mass is 10.1. The Morgan fingerprint density at radius 3 is 2.39 bits per heavy atom. The Labute approximate surface area is 163 Å². The largest absolute Gasteiger partial charge is 0.489 e. The van der Waals surface area contributed by atoms with E-state index in [9.17, 15) is 4.79 Å². The Kier molecular flexibility index (Phi) is 5.02. The molecule has 4 aromatic rings. The molecule has 0 radical (unpaired) electrons. The van der Waals surface area contributed by atoms with Gasteiger partial charge in [-0.1, -0.05) is 48.5 Å². The number of amides is 1. The van der Waals surface area contributed by atoms with Crippen molar-refractivity contribution >= 4 is 22.6 Å². The predicted molar refractivity (Wildman–Crippen MR) is 112 cm³/mol. The molecule has 0 atom stereocenters. The summed E-state index contributed by atoms with van der Waals surface area (Å²) in [4.78, 5) is 15.6. The van der Waals surface area contributed by atoms with E-state index in [0.29, 0.717) is 12.4 Å². The maximum atomic E-state index is 11.2. The van der Waals surface area contributed by atoms with Gasteiger partial charge in [-0.05, 0) is 53.1 Å². The lowest BCUT2D eigenvalue weighted by Gasteiger charge is -2.09. The number of rotatable bonds is 5. The highest BCUT2D eigenvalue weighted by atomic mass is 16.5. The summed E-state index contributed by atoms with van der Waals surface area (Å²) in [7, 11) is 0. The minimum Gasteiger partial charge on any atom is -0.489 e. The Morgan fingerprint density at radius 2 is 1.64 bits per heavy atom. The van der Waals surface area contributed by atoms with Crippen LogP contribution >= 0.6 is 0 Å². The molecule has 0 saturated heterocycles. The minimum atomic E-state index is -0.129. The molecule has 4 heteroatoms. The molecule has 0 spiro atoms. The third-order valence-electron chi connectivity index (χ3n) is 4.42. The first-order valence-corrected chi connectivity index (χ1v) is 9.13. The topological polar surface area (TPSA) is 51.2 Å². The van der Waals surface area contributed by atoms with E-state index < -0.39 is 0 Å². The van der Waals surface area contributed by atoms with Gasteiger partial charge in [0.05, 0.1) is 5.52 Å². The van der Waals surface area contributed by atoms with Crippen LogP contribution < -0.4 is 10.1 Å². The molecule has 1 N–H and O–H groups in total. The lowest BCUT2D eigenvalue weighted by molar-refractivity contribution is -0.114. The molecule has 0 fully saturated rings. The van der Waals surface area contributed by atoms with Crippen molar-refractivity contribution in [2.75, 3.05) is 5.32 Å². The van der Waals surface area contributed by atoms with Crippen LogP contribution in [0, 0.1) is 0 Å². The van der Waals surface area contributed by atoms with Crippen molar-refractivity contribution in [1.82, 2.24) is 4.98 Å². The molecule has 0 aliphatic rings. The van der Waals surface area contributed by atoms with Gasteiger partial charge in [0, 0.05) is 12.3 Å². The number of nitrogens with one attached hydrogen (secondary N) is 1. The monoisotopic (exact) mass is 368 g/mol. The van der Waals surface area contributed by atoms with Gasteiger partial charge < -0.3 is 10.1 Å². The molecule has 1 aromatic heterocycles. The van der Waals surface area contributed by atoms with E-state index in [4.69, 9.17) is 4.74 Å². The van der Waals surface area contributed by atoms with Crippen LogP contribution in [0.1, 0.15) is 12.5 Å². The second kappa shape index (κ2) is 7.92. The number of hydrogen-bond donors (Lipinski definition) is 1. The average molecular weight is 368 g/mol. The van der Waals surface area contributed by atoms with Crippen molar-refractivity contribution in [2.24, 2.45) is 0 Å². The Balaban J connectivity index is 1.44. The molecule has 0 saturated carbocycles. The first-order valence-electron chi connectivity index (χ1n) is 9.13. The van der Waals surface area contributed by atoms with E-state index >= 15 is 0 Å². The fraction of sp³-hybridized carbons (Fsp3) is 0.0833. The third-order valence-corrected chi connectivity index (χ3v) is 4.42. The van der Waals surface area contributed by atoms with Gasteiger partial charge >= 0.3 is 0 Å². The molecule has 4 rings (SSSR count). The number of ether oxygens (including phenoxy) is 1. The first kappa shape index (κ1) is 17.7. The summed E-state index contributed by atoms with van der Waals surface area (Å²) in [5.74, 6) is 1.26. The summed E-state index contributed by atoms with van der Waals surface area (Å²) in [5, 5.41) is 3.71. The fourth-order valence-corrected chi connectivity index (χ4v) is 3.06. The van der Waals surface area contributed by atoms with E-state index in [1.165, 1.54) is 18.1 Å². The molecule has 3 aromatic carbocycles. The van der Waals surface area contributed by atoms with Crippen molar-refractivity contribution in [3.05, 3.63) is 90.5 Å². The van der Waals surface area contributed by atoms with Crippen molar-refractivity contribution in [3.63, 3.8) is 0 Å². The molecular formula is C24H20N2O2. The van der Waals surface area contributed by atoms with Crippen LogP contribution in [0.15, 0.2) is 84.9 Å². The maximum Gasteiger partial charge on any atom is 0.222 e. The molecule has 0 bridgehead atoms. The van der Waals surface area contributed by atoms with Crippen LogP contribution in [0.5, 0.6) is 5.75 Å². The lowest BCUT2D eigenvalue weighted by Crippen LogP contribution is -2.07. The van der Waals surface area contributed by atoms with Crippen molar-refractivity contribution in [1.29, 1.82) is 0 Å². The van der Waals surface area contributed by atoms with Gasteiger partial charge in [-0.15, -0.1) is 0 Å². The van der Waals surface area contributed by atoms with Gasteiger partial charge in [0.2, 0.25) is 5.91 Å². The van der Waals surface area contributed by atoms with E-state index in [1.807, 2.05) is 48.5 Å². The van der Waals surface area contributed by atoms with E-state index in [0.717, 1.165) is 22.2 Å². The quantitative estimate of drug-likeness (QED) is 0.510. The summed E-state index contributed by atoms with van der Waals surface area (Å²) in [5.41, 5.74) is 4.25. The van der Waals surface area contributed by atoms with Crippen molar-refractivity contribution in [3.8, 4) is 16.9 Å². The van der Waals surface area contributed by atoms with E-state index in [2.05, 4.69) is 40.6 Å². The molecule has 138 valence electrons. The number of aromatic nitrogens is 1. The zero-order valence-corrected chi connectivity index (χ0v) is 15.6. The summed E-state index contributed by atoms with van der Waals surface area (Å²) in [6, 6.07) is 28.1. The maximum absolute atomic E-state index is 11.2. The summed E-state index contributed by atoms with van der Waals surface area (Å²) in [6.45, 7) is 1.95. The van der Waals surface area contributed by atoms with Crippen LogP contribution in [0.3, 0.4) is 0 Å².